The van der Waals surface area contributed by atoms with Gasteiger partial charge >= 0.3 is 29.6 Å². The molecule has 44 valence electrons. The molecule has 0 atom stereocenters. The second-order valence-corrected chi connectivity index (χ2v) is 2.38. The SMILES string of the molecule is N#CN=C1NCCS1.[NaH]. The molecule has 1 N–H and O–H groups in total. The van der Waals surface area contributed by atoms with E-state index >= 15 is 0 Å². The van der Waals surface area contributed by atoms with E-state index < -0.39 is 0 Å². The number of amidine groups is 1. The zero-order valence-corrected chi connectivity index (χ0v) is 5.03. The predicted octanol–water partition coefficient (Wildman–Crippen LogP) is -0.489. The quantitative estimate of drug-likeness (QED) is 0.375. The molecule has 0 aromatic rings. The summed E-state index contributed by atoms with van der Waals surface area (Å²) in [7, 11) is 0. The van der Waals surface area contributed by atoms with Crippen molar-refractivity contribution >= 4 is 46.5 Å². The summed E-state index contributed by atoms with van der Waals surface area (Å²) in [6.45, 7) is 0.936. The van der Waals surface area contributed by atoms with Crippen LogP contribution in [0, 0.1) is 11.5 Å². The predicted molar refractivity (Wildman–Crippen MR) is 40.7 cm³/mol. The molecule has 0 aromatic carbocycles. The average Bonchev–Trinajstić information content (AvgIpc) is 2.19. The molecule has 0 radical (unpaired) electrons. The molecule has 5 heteroatoms. The third-order valence-corrected chi connectivity index (χ3v) is 1.69. The maximum atomic E-state index is 8.04. The number of hydrogen-bond acceptors (Lipinski definition) is 3. The van der Waals surface area contributed by atoms with Crippen LogP contribution in [0.25, 0.3) is 0 Å². The maximum absolute atomic E-state index is 8.04. The Labute approximate surface area is 80.2 Å². The number of nitrogens with one attached hydrogen (secondary N) is 1. The van der Waals surface area contributed by atoms with Crippen LogP contribution < -0.4 is 5.32 Å². The summed E-state index contributed by atoms with van der Waals surface area (Å²) >= 11 is 1.58. The second kappa shape index (κ2) is 5.12. The average molecular weight is 151 g/mol. The molecule has 0 saturated carbocycles. The Morgan fingerprint density at radius 1 is 1.78 bits per heavy atom. The van der Waals surface area contributed by atoms with Gasteiger partial charge in [0.15, 0.2) is 5.17 Å². The Morgan fingerprint density at radius 3 is 3.00 bits per heavy atom. The summed E-state index contributed by atoms with van der Waals surface area (Å²) in [6.07, 6.45) is 1.71. The van der Waals surface area contributed by atoms with E-state index in [0.717, 1.165) is 17.5 Å². The standard InChI is InChI=1S/C4H5N3S.Na.H/c5-3-7-4-6-1-2-8-4;;/h1-2H2,(H,6,7);;. The van der Waals surface area contributed by atoms with Crippen molar-refractivity contribution in [3.63, 3.8) is 0 Å². The number of aliphatic imine (C=N–C) groups is 1. The fraction of sp³-hybridized carbons (Fsp3) is 0.500. The first-order valence-electron chi connectivity index (χ1n) is 2.27. The van der Waals surface area contributed by atoms with Gasteiger partial charge in [0, 0.05) is 12.3 Å². The zero-order chi connectivity index (χ0) is 5.82. The van der Waals surface area contributed by atoms with E-state index in [-0.39, 0.29) is 29.6 Å². The molecule has 1 aliphatic heterocycles. The molecule has 0 aromatic heterocycles. The Hall–Kier alpha value is 0.310. The van der Waals surface area contributed by atoms with Crippen LogP contribution in [-0.4, -0.2) is 47.0 Å². The first-order chi connectivity index (χ1) is 3.93. The van der Waals surface area contributed by atoms with Gasteiger partial charge in [-0.05, 0) is 0 Å². The van der Waals surface area contributed by atoms with Crippen LogP contribution in [-0.2, 0) is 0 Å². The topological polar surface area (TPSA) is 48.2 Å². The molecular weight excluding hydrogens is 145 g/mol. The Morgan fingerprint density at radius 2 is 2.56 bits per heavy atom. The molecule has 0 unspecified atom stereocenters. The Kier molecular flexibility index (Phi) is 5.30. The van der Waals surface area contributed by atoms with Crippen LogP contribution in [0.4, 0.5) is 0 Å². The van der Waals surface area contributed by atoms with Crippen molar-refractivity contribution in [3.8, 4) is 6.19 Å². The molecule has 1 saturated heterocycles. The fourth-order valence-electron chi connectivity index (χ4n) is 0.474. The molecule has 1 rings (SSSR count). The third kappa shape index (κ3) is 3.11. The first-order valence-corrected chi connectivity index (χ1v) is 3.25. The van der Waals surface area contributed by atoms with E-state index in [1.54, 1.807) is 18.0 Å². The summed E-state index contributed by atoms with van der Waals surface area (Å²) in [6, 6.07) is 0. The summed E-state index contributed by atoms with van der Waals surface area (Å²) in [5.74, 6) is 1.03. The van der Waals surface area contributed by atoms with E-state index in [4.69, 9.17) is 5.26 Å². The van der Waals surface area contributed by atoms with Gasteiger partial charge < -0.3 is 5.32 Å². The number of nitrogens with zero attached hydrogens (tertiary/aromatic N) is 2. The monoisotopic (exact) mass is 151 g/mol. The van der Waals surface area contributed by atoms with Crippen LogP contribution in [0.15, 0.2) is 4.99 Å². The number of thioether (sulfide) groups is 1. The van der Waals surface area contributed by atoms with Crippen molar-refractivity contribution in [2.45, 2.75) is 0 Å². The van der Waals surface area contributed by atoms with Crippen LogP contribution in [0.1, 0.15) is 0 Å². The van der Waals surface area contributed by atoms with Crippen LogP contribution >= 0.6 is 11.8 Å². The molecule has 1 heterocycles. The second-order valence-electron chi connectivity index (χ2n) is 1.29. The summed E-state index contributed by atoms with van der Waals surface area (Å²) < 4.78 is 0. The van der Waals surface area contributed by atoms with E-state index in [0.29, 0.717) is 0 Å². The molecule has 9 heavy (non-hydrogen) atoms. The number of nitriles is 1. The molecule has 0 amide bonds. The van der Waals surface area contributed by atoms with Gasteiger partial charge in [0.25, 0.3) is 0 Å². The van der Waals surface area contributed by atoms with E-state index in [1.807, 2.05) is 0 Å². The van der Waals surface area contributed by atoms with Crippen molar-refractivity contribution in [1.82, 2.24) is 5.32 Å². The van der Waals surface area contributed by atoms with Gasteiger partial charge in [-0.2, -0.15) is 5.26 Å². The molecule has 0 spiro atoms. The van der Waals surface area contributed by atoms with Crippen molar-refractivity contribution in [3.05, 3.63) is 0 Å². The van der Waals surface area contributed by atoms with E-state index in [2.05, 4.69) is 10.3 Å². The number of hydrogen-bond donors (Lipinski definition) is 1. The Bertz CT molecular complexity index is 142. The normalized spacial score (nSPS) is 20.1. The van der Waals surface area contributed by atoms with Gasteiger partial charge in [0.2, 0.25) is 6.19 Å². The summed E-state index contributed by atoms with van der Waals surface area (Å²) in [5, 5.41) is 11.7. The summed E-state index contributed by atoms with van der Waals surface area (Å²) in [5.41, 5.74) is 0. The first kappa shape index (κ1) is 9.31. The van der Waals surface area contributed by atoms with Crippen LogP contribution in [0.3, 0.4) is 0 Å². The minimum atomic E-state index is 0. The van der Waals surface area contributed by atoms with Crippen molar-refractivity contribution < 1.29 is 0 Å². The van der Waals surface area contributed by atoms with Gasteiger partial charge in [-0.15, -0.1) is 4.99 Å². The molecular formula is C4H6N3NaS. The van der Waals surface area contributed by atoms with Gasteiger partial charge in [-0.3, -0.25) is 0 Å². The van der Waals surface area contributed by atoms with Gasteiger partial charge in [-0.1, -0.05) is 11.8 Å². The zero-order valence-electron chi connectivity index (χ0n) is 4.22. The van der Waals surface area contributed by atoms with Crippen LogP contribution in [0.5, 0.6) is 0 Å². The third-order valence-electron chi connectivity index (χ3n) is 0.769. The van der Waals surface area contributed by atoms with Crippen molar-refractivity contribution in [2.75, 3.05) is 12.3 Å². The van der Waals surface area contributed by atoms with E-state index in [1.165, 1.54) is 0 Å². The minimum absolute atomic E-state index is 0. The van der Waals surface area contributed by atoms with E-state index in [9.17, 15) is 0 Å². The molecule has 3 nitrogen and oxygen atoms in total. The molecule has 0 bridgehead atoms. The van der Waals surface area contributed by atoms with Gasteiger partial charge in [0.1, 0.15) is 0 Å². The van der Waals surface area contributed by atoms with Gasteiger partial charge in [0.05, 0.1) is 0 Å². The molecule has 0 aliphatic carbocycles. The van der Waals surface area contributed by atoms with Crippen molar-refractivity contribution in [2.24, 2.45) is 4.99 Å². The van der Waals surface area contributed by atoms with Crippen LogP contribution in [0.2, 0.25) is 0 Å². The molecule has 1 aliphatic rings. The number of rotatable bonds is 0. The van der Waals surface area contributed by atoms with Gasteiger partial charge in [-0.25, -0.2) is 0 Å². The molecule has 1 fully saturated rings. The Balaban J connectivity index is 0.000000640. The van der Waals surface area contributed by atoms with Crippen molar-refractivity contribution in [1.29, 1.82) is 5.26 Å². The summed E-state index contributed by atoms with van der Waals surface area (Å²) in [4.78, 5) is 3.50. The fourth-order valence-corrected chi connectivity index (χ4v) is 1.18.